The maximum atomic E-state index is 11.3. The zero-order chi connectivity index (χ0) is 10.2. The summed E-state index contributed by atoms with van der Waals surface area (Å²) < 4.78 is 22.6. The van der Waals surface area contributed by atoms with E-state index in [1.54, 1.807) is 0 Å². The predicted octanol–water partition coefficient (Wildman–Crippen LogP) is 0.905. The summed E-state index contributed by atoms with van der Waals surface area (Å²) >= 11 is 0. The van der Waals surface area contributed by atoms with Crippen LogP contribution < -0.4 is 0 Å². The number of hydrogen-bond donors (Lipinski definition) is 0. The number of rotatable bonds is 1. The highest BCUT2D eigenvalue weighted by molar-refractivity contribution is 7.91. The molecule has 0 unspecified atom stereocenters. The van der Waals surface area contributed by atoms with Crippen LogP contribution in [0, 0.1) is 5.92 Å². The Kier molecular flexibility index (Phi) is 2.84. The van der Waals surface area contributed by atoms with Crippen LogP contribution in [0.25, 0.3) is 0 Å². The van der Waals surface area contributed by atoms with Crippen LogP contribution in [0.4, 0.5) is 0 Å². The van der Waals surface area contributed by atoms with Crippen LogP contribution in [-0.4, -0.2) is 44.0 Å². The highest BCUT2D eigenvalue weighted by atomic mass is 32.2. The Bertz CT molecular complexity index is 291. The van der Waals surface area contributed by atoms with Crippen molar-refractivity contribution in [3.05, 3.63) is 0 Å². The maximum absolute atomic E-state index is 11.3. The van der Waals surface area contributed by atoms with Gasteiger partial charge in [0, 0.05) is 6.04 Å². The number of likely N-dealkylation sites (tertiary alicyclic amines) is 1. The summed E-state index contributed by atoms with van der Waals surface area (Å²) in [6.45, 7) is 4.48. The summed E-state index contributed by atoms with van der Waals surface area (Å²) in [6, 6.07) is 0.326. The van der Waals surface area contributed by atoms with Crippen molar-refractivity contribution < 1.29 is 8.42 Å². The Hall–Kier alpha value is -0.0900. The van der Waals surface area contributed by atoms with Crippen molar-refractivity contribution in [3.63, 3.8) is 0 Å². The molecule has 2 fully saturated rings. The molecule has 3 nitrogen and oxygen atoms in total. The van der Waals surface area contributed by atoms with E-state index in [0.717, 1.165) is 25.4 Å². The van der Waals surface area contributed by atoms with Gasteiger partial charge in [-0.15, -0.1) is 0 Å². The summed E-state index contributed by atoms with van der Waals surface area (Å²) in [6.07, 6.45) is 3.32. The zero-order valence-electron chi connectivity index (χ0n) is 8.78. The van der Waals surface area contributed by atoms with Crippen molar-refractivity contribution in [1.82, 2.24) is 4.90 Å². The average Bonchev–Trinajstić information content (AvgIpc) is 2.47. The number of sulfone groups is 1. The lowest BCUT2D eigenvalue weighted by molar-refractivity contribution is 0.149. The van der Waals surface area contributed by atoms with Gasteiger partial charge in [0.1, 0.15) is 0 Å². The minimum Gasteiger partial charge on any atom is -0.299 e. The van der Waals surface area contributed by atoms with Crippen molar-refractivity contribution in [3.8, 4) is 0 Å². The van der Waals surface area contributed by atoms with Gasteiger partial charge in [0.2, 0.25) is 0 Å². The standard InChI is InChI=1S/C10H19NO2S/c1-9-2-5-11(6-3-9)10-4-7-14(12,13)8-10/h9-10H,2-8H2,1H3/t10-/m1/s1. The fourth-order valence-corrected chi connectivity index (χ4v) is 4.22. The van der Waals surface area contributed by atoms with Crippen LogP contribution in [-0.2, 0) is 9.84 Å². The lowest BCUT2D eigenvalue weighted by Crippen LogP contribution is -2.41. The van der Waals surface area contributed by atoms with Crippen molar-refractivity contribution in [2.75, 3.05) is 24.6 Å². The lowest BCUT2D eigenvalue weighted by atomic mass is 9.98. The van der Waals surface area contributed by atoms with Gasteiger partial charge in [0.15, 0.2) is 9.84 Å². The molecule has 82 valence electrons. The molecule has 14 heavy (non-hydrogen) atoms. The molecule has 2 aliphatic rings. The zero-order valence-corrected chi connectivity index (χ0v) is 9.59. The molecule has 0 radical (unpaired) electrons. The van der Waals surface area contributed by atoms with E-state index in [1.807, 2.05) is 0 Å². The first-order valence-corrected chi connectivity index (χ1v) is 7.33. The first-order valence-electron chi connectivity index (χ1n) is 5.51. The molecule has 2 aliphatic heterocycles. The van der Waals surface area contributed by atoms with Gasteiger partial charge >= 0.3 is 0 Å². The molecule has 0 saturated carbocycles. The molecule has 0 aliphatic carbocycles. The van der Waals surface area contributed by atoms with Crippen LogP contribution in [0.3, 0.4) is 0 Å². The predicted molar refractivity (Wildman–Crippen MR) is 57.0 cm³/mol. The normalized spacial score (nSPS) is 34.8. The van der Waals surface area contributed by atoms with Crippen LogP contribution in [0.5, 0.6) is 0 Å². The topological polar surface area (TPSA) is 37.4 Å². The first kappa shape index (κ1) is 10.4. The fraction of sp³-hybridized carbons (Fsp3) is 1.00. The Labute approximate surface area is 86.4 Å². The van der Waals surface area contributed by atoms with E-state index in [2.05, 4.69) is 11.8 Å². The highest BCUT2D eigenvalue weighted by Crippen LogP contribution is 2.23. The third kappa shape index (κ3) is 2.28. The molecule has 4 heteroatoms. The Morgan fingerprint density at radius 2 is 1.79 bits per heavy atom. The molecule has 1 atom stereocenters. The SMILES string of the molecule is CC1CCN([C@@H]2CCS(=O)(=O)C2)CC1. The fourth-order valence-electron chi connectivity index (χ4n) is 2.46. The molecule has 0 aromatic carbocycles. The third-order valence-corrected chi connectivity index (χ3v) is 5.29. The van der Waals surface area contributed by atoms with Crippen molar-refractivity contribution in [2.45, 2.75) is 32.2 Å². The summed E-state index contributed by atoms with van der Waals surface area (Å²) in [5, 5.41) is 0. The molecule has 2 rings (SSSR count). The van der Waals surface area contributed by atoms with Crippen LogP contribution in [0.1, 0.15) is 26.2 Å². The van der Waals surface area contributed by atoms with Gasteiger partial charge in [-0.25, -0.2) is 8.42 Å². The quantitative estimate of drug-likeness (QED) is 0.655. The summed E-state index contributed by atoms with van der Waals surface area (Å²) in [4.78, 5) is 2.38. The molecular formula is C10H19NO2S. The Morgan fingerprint density at radius 1 is 1.14 bits per heavy atom. The lowest BCUT2D eigenvalue weighted by Gasteiger charge is -2.34. The van der Waals surface area contributed by atoms with Gasteiger partial charge in [-0.3, -0.25) is 4.90 Å². The molecular weight excluding hydrogens is 198 g/mol. The first-order chi connectivity index (χ1) is 6.57. The summed E-state index contributed by atoms with van der Waals surface area (Å²) in [5.74, 6) is 1.63. The summed E-state index contributed by atoms with van der Waals surface area (Å²) in [7, 11) is -2.70. The highest BCUT2D eigenvalue weighted by Gasteiger charge is 2.33. The average molecular weight is 217 g/mol. The van der Waals surface area contributed by atoms with Gasteiger partial charge in [-0.05, 0) is 38.3 Å². The van der Waals surface area contributed by atoms with Crippen LogP contribution in [0.15, 0.2) is 0 Å². The Balaban J connectivity index is 1.91. The molecule has 0 bridgehead atoms. The molecule has 2 heterocycles. The third-order valence-electron chi connectivity index (χ3n) is 3.54. The molecule has 0 amide bonds. The largest absolute Gasteiger partial charge is 0.299 e. The monoisotopic (exact) mass is 217 g/mol. The molecule has 0 N–H and O–H groups in total. The smallest absolute Gasteiger partial charge is 0.151 e. The van der Waals surface area contributed by atoms with E-state index in [9.17, 15) is 8.42 Å². The van der Waals surface area contributed by atoms with Crippen molar-refractivity contribution in [2.24, 2.45) is 5.92 Å². The maximum Gasteiger partial charge on any atom is 0.151 e. The van der Waals surface area contributed by atoms with Crippen molar-refractivity contribution >= 4 is 9.84 Å². The van der Waals surface area contributed by atoms with E-state index in [0.29, 0.717) is 17.5 Å². The van der Waals surface area contributed by atoms with Gasteiger partial charge in [0.05, 0.1) is 11.5 Å². The van der Waals surface area contributed by atoms with Crippen LogP contribution in [0.2, 0.25) is 0 Å². The molecule has 0 aromatic heterocycles. The van der Waals surface area contributed by atoms with Gasteiger partial charge in [-0.1, -0.05) is 6.92 Å². The van der Waals surface area contributed by atoms with Gasteiger partial charge in [0.25, 0.3) is 0 Å². The van der Waals surface area contributed by atoms with E-state index < -0.39 is 9.84 Å². The van der Waals surface area contributed by atoms with Gasteiger partial charge < -0.3 is 0 Å². The second-order valence-electron chi connectivity index (χ2n) is 4.78. The second kappa shape index (κ2) is 3.81. The molecule has 0 spiro atoms. The minimum atomic E-state index is -2.70. The number of piperidine rings is 1. The van der Waals surface area contributed by atoms with E-state index in [4.69, 9.17) is 0 Å². The van der Waals surface area contributed by atoms with E-state index in [1.165, 1.54) is 12.8 Å². The number of nitrogens with zero attached hydrogens (tertiary/aromatic N) is 1. The number of hydrogen-bond acceptors (Lipinski definition) is 3. The minimum absolute atomic E-state index is 0.326. The molecule has 2 saturated heterocycles. The van der Waals surface area contributed by atoms with E-state index in [-0.39, 0.29) is 0 Å². The van der Waals surface area contributed by atoms with Crippen molar-refractivity contribution in [1.29, 1.82) is 0 Å². The summed E-state index contributed by atoms with van der Waals surface area (Å²) in [5.41, 5.74) is 0. The van der Waals surface area contributed by atoms with Crippen LogP contribution >= 0.6 is 0 Å². The Morgan fingerprint density at radius 3 is 2.29 bits per heavy atom. The van der Waals surface area contributed by atoms with E-state index >= 15 is 0 Å². The van der Waals surface area contributed by atoms with Gasteiger partial charge in [-0.2, -0.15) is 0 Å². The second-order valence-corrected chi connectivity index (χ2v) is 7.00. The molecule has 0 aromatic rings.